The SMILES string of the molecule is C=CCSC(N)=NN=Cc1c(O)ccc2ccccc12. The molecule has 0 heterocycles. The monoisotopic (exact) mass is 285 g/mol. The third kappa shape index (κ3) is 3.39. The maximum Gasteiger partial charge on any atom is 0.180 e. The van der Waals surface area contributed by atoms with Crippen LogP contribution in [-0.4, -0.2) is 22.2 Å². The summed E-state index contributed by atoms with van der Waals surface area (Å²) in [6.45, 7) is 3.60. The number of benzene rings is 2. The Bertz CT molecular complexity index is 680. The Hall–Kier alpha value is -2.27. The number of rotatable bonds is 4. The van der Waals surface area contributed by atoms with Crippen LogP contribution in [0.2, 0.25) is 0 Å². The lowest BCUT2D eigenvalue weighted by Gasteiger charge is -2.03. The molecule has 0 aliphatic heterocycles. The predicted molar refractivity (Wildman–Crippen MR) is 87.5 cm³/mol. The molecule has 2 rings (SSSR count). The van der Waals surface area contributed by atoms with E-state index in [1.807, 2.05) is 30.3 Å². The highest BCUT2D eigenvalue weighted by atomic mass is 32.2. The first-order chi connectivity index (χ1) is 9.72. The van der Waals surface area contributed by atoms with Crippen LogP contribution in [0.3, 0.4) is 0 Å². The van der Waals surface area contributed by atoms with Crippen LogP contribution in [0.5, 0.6) is 5.75 Å². The standard InChI is InChI=1S/C15H15N3OS/c1-2-9-20-15(16)18-17-10-13-12-6-4-3-5-11(12)7-8-14(13)19/h2-8,10,19H,1,9H2,(H2,16,18). The first-order valence-electron chi connectivity index (χ1n) is 6.03. The van der Waals surface area contributed by atoms with Crippen molar-refractivity contribution in [3.05, 3.63) is 54.6 Å². The molecule has 0 aliphatic rings. The topological polar surface area (TPSA) is 71.0 Å². The Morgan fingerprint density at radius 1 is 1.30 bits per heavy atom. The number of nitrogens with zero attached hydrogens (tertiary/aromatic N) is 2. The van der Waals surface area contributed by atoms with Crippen LogP contribution in [0, 0.1) is 0 Å². The van der Waals surface area contributed by atoms with E-state index in [2.05, 4.69) is 16.8 Å². The molecule has 0 saturated heterocycles. The molecule has 20 heavy (non-hydrogen) atoms. The number of hydrogen-bond acceptors (Lipinski definition) is 4. The maximum atomic E-state index is 9.93. The summed E-state index contributed by atoms with van der Waals surface area (Å²) in [4.78, 5) is 0. The zero-order chi connectivity index (χ0) is 14.4. The van der Waals surface area contributed by atoms with Crippen LogP contribution >= 0.6 is 11.8 Å². The van der Waals surface area contributed by atoms with Gasteiger partial charge in [0.25, 0.3) is 0 Å². The average Bonchev–Trinajstić information content (AvgIpc) is 2.47. The number of fused-ring (bicyclic) bond motifs is 1. The summed E-state index contributed by atoms with van der Waals surface area (Å²) in [5, 5.41) is 20.0. The maximum absolute atomic E-state index is 9.93. The van der Waals surface area contributed by atoms with Crippen molar-refractivity contribution in [3.8, 4) is 5.75 Å². The molecule has 0 bridgehead atoms. The molecule has 2 aromatic carbocycles. The summed E-state index contributed by atoms with van der Waals surface area (Å²) in [5.41, 5.74) is 6.30. The molecule has 0 unspecified atom stereocenters. The highest BCUT2D eigenvalue weighted by Crippen LogP contribution is 2.25. The third-order valence-corrected chi connectivity index (χ3v) is 3.42. The summed E-state index contributed by atoms with van der Waals surface area (Å²) in [7, 11) is 0. The summed E-state index contributed by atoms with van der Waals surface area (Å²) < 4.78 is 0. The molecule has 0 radical (unpaired) electrons. The first kappa shape index (κ1) is 14.1. The van der Waals surface area contributed by atoms with Gasteiger partial charge in [-0.15, -0.1) is 11.7 Å². The molecule has 0 atom stereocenters. The predicted octanol–water partition coefficient (Wildman–Crippen LogP) is 3.11. The molecule has 0 fully saturated rings. The van der Waals surface area contributed by atoms with Crippen LogP contribution in [0.4, 0.5) is 0 Å². The molecule has 102 valence electrons. The number of nitrogens with two attached hydrogens (primary N) is 1. The van der Waals surface area contributed by atoms with Gasteiger partial charge in [0, 0.05) is 11.3 Å². The van der Waals surface area contributed by atoms with E-state index in [0.29, 0.717) is 16.5 Å². The average molecular weight is 285 g/mol. The second-order valence-corrected chi connectivity index (χ2v) is 5.04. The minimum atomic E-state index is 0.167. The molecular weight excluding hydrogens is 270 g/mol. The molecule has 2 aromatic rings. The number of hydrogen-bond donors (Lipinski definition) is 2. The van der Waals surface area contributed by atoms with Gasteiger partial charge < -0.3 is 10.8 Å². The van der Waals surface area contributed by atoms with Crippen LogP contribution in [0.25, 0.3) is 10.8 Å². The van der Waals surface area contributed by atoms with Crippen LogP contribution in [-0.2, 0) is 0 Å². The van der Waals surface area contributed by atoms with Crippen molar-refractivity contribution >= 4 is 33.9 Å². The largest absolute Gasteiger partial charge is 0.507 e. The highest BCUT2D eigenvalue weighted by molar-refractivity contribution is 8.13. The van der Waals surface area contributed by atoms with Crippen molar-refractivity contribution in [1.82, 2.24) is 0 Å². The molecule has 0 spiro atoms. The number of phenols is 1. The molecule has 0 saturated carbocycles. The number of amidine groups is 1. The van der Waals surface area contributed by atoms with Crippen LogP contribution < -0.4 is 5.73 Å². The molecule has 0 aliphatic carbocycles. The van der Waals surface area contributed by atoms with Crippen molar-refractivity contribution in [1.29, 1.82) is 0 Å². The normalized spacial score (nSPS) is 12.1. The lowest BCUT2D eigenvalue weighted by atomic mass is 10.0. The van der Waals surface area contributed by atoms with Crippen LogP contribution in [0.1, 0.15) is 5.56 Å². The van der Waals surface area contributed by atoms with E-state index in [9.17, 15) is 5.11 Å². The van der Waals surface area contributed by atoms with Crippen LogP contribution in [0.15, 0.2) is 59.3 Å². The smallest absolute Gasteiger partial charge is 0.180 e. The van der Waals surface area contributed by atoms with E-state index in [1.54, 1.807) is 12.1 Å². The lowest BCUT2D eigenvalue weighted by molar-refractivity contribution is 0.475. The van der Waals surface area contributed by atoms with Gasteiger partial charge >= 0.3 is 0 Å². The Balaban J connectivity index is 2.29. The van der Waals surface area contributed by atoms with Crippen molar-refractivity contribution in [2.45, 2.75) is 0 Å². The van der Waals surface area contributed by atoms with Crippen molar-refractivity contribution in [3.63, 3.8) is 0 Å². The second kappa shape index (κ2) is 6.77. The summed E-state index contributed by atoms with van der Waals surface area (Å²) in [5.74, 6) is 0.852. The molecule has 4 nitrogen and oxygen atoms in total. The first-order valence-corrected chi connectivity index (χ1v) is 7.02. The van der Waals surface area contributed by atoms with Gasteiger partial charge in [0.05, 0.1) is 6.21 Å². The fraction of sp³-hybridized carbons (Fsp3) is 0.0667. The third-order valence-electron chi connectivity index (χ3n) is 2.64. The minimum Gasteiger partial charge on any atom is -0.507 e. The van der Waals surface area contributed by atoms with Gasteiger partial charge in [-0.25, -0.2) is 0 Å². The Kier molecular flexibility index (Phi) is 4.79. The highest BCUT2D eigenvalue weighted by Gasteiger charge is 2.03. The Morgan fingerprint density at radius 3 is 2.90 bits per heavy atom. The fourth-order valence-electron chi connectivity index (χ4n) is 1.74. The quantitative estimate of drug-likeness (QED) is 0.392. The lowest BCUT2D eigenvalue weighted by Crippen LogP contribution is -2.05. The molecule has 0 amide bonds. The van der Waals surface area contributed by atoms with E-state index >= 15 is 0 Å². The minimum absolute atomic E-state index is 0.167. The van der Waals surface area contributed by atoms with Crippen molar-refractivity contribution < 1.29 is 5.11 Å². The molecule has 5 heteroatoms. The van der Waals surface area contributed by atoms with Gasteiger partial charge in [0.15, 0.2) is 5.17 Å². The molecule has 3 N–H and O–H groups in total. The second-order valence-electron chi connectivity index (χ2n) is 4.00. The molecule has 0 aromatic heterocycles. The van der Waals surface area contributed by atoms with Gasteiger partial charge in [0.2, 0.25) is 0 Å². The van der Waals surface area contributed by atoms with E-state index in [0.717, 1.165) is 10.8 Å². The van der Waals surface area contributed by atoms with E-state index in [4.69, 9.17) is 5.73 Å². The fourth-order valence-corrected chi connectivity index (χ4v) is 2.13. The van der Waals surface area contributed by atoms with Gasteiger partial charge in [-0.05, 0) is 16.8 Å². The zero-order valence-electron chi connectivity index (χ0n) is 10.9. The van der Waals surface area contributed by atoms with Crippen molar-refractivity contribution in [2.75, 3.05) is 5.75 Å². The van der Waals surface area contributed by atoms with Gasteiger partial charge in [0.1, 0.15) is 5.75 Å². The van der Waals surface area contributed by atoms with E-state index < -0.39 is 0 Å². The Labute approximate surface area is 121 Å². The number of thioether (sulfide) groups is 1. The number of phenolic OH excluding ortho intramolecular Hbond substituents is 1. The summed E-state index contributed by atoms with van der Waals surface area (Å²) in [6, 6.07) is 11.3. The Morgan fingerprint density at radius 2 is 2.10 bits per heavy atom. The van der Waals surface area contributed by atoms with Gasteiger partial charge in [-0.1, -0.05) is 48.2 Å². The van der Waals surface area contributed by atoms with Gasteiger partial charge in [-0.2, -0.15) is 5.10 Å². The summed E-state index contributed by atoms with van der Waals surface area (Å²) in [6.07, 6.45) is 3.26. The zero-order valence-corrected chi connectivity index (χ0v) is 11.7. The van der Waals surface area contributed by atoms with E-state index in [1.165, 1.54) is 18.0 Å². The van der Waals surface area contributed by atoms with Gasteiger partial charge in [-0.3, -0.25) is 0 Å². The van der Waals surface area contributed by atoms with E-state index in [-0.39, 0.29) is 5.75 Å². The molecular formula is C15H15N3OS. The van der Waals surface area contributed by atoms with Crippen molar-refractivity contribution in [2.24, 2.45) is 15.9 Å². The summed E-state index contributed by atoms with van der Waals surface area (Å²) >= 11 is 1.35. The number of aromatic hydroxyl groups is 1.